The summed E-state index contributed by atoms with van der Waals surface area (Å²) in [6.45, 7) is 1.75. The molecule has 0 fully saturated rings. The van der Waals surface area contributed by atoms with E-state index in [1.807, 2.05) is 30.3 Å². The number of carboxylic acids is 1. The van der Waals surface area contributed by atoms with Gasteiger partial charge in [0.25, 0.3) is 0 Å². The van der Waals surface area contributed by atoms with Crippen molar-refractivity contribution in [1.82, 2.24) is 10.6 Å². The summed E-state index contributed by atoms with van der Waals surface area (Å²) in [5.41, 5.74) is 12.1. The van der Waals surface area contributed by atoms with Gasteiger partial charge in [-0.1, -0.05) is 30.3 Å². The second-order valence-electron chi connectivity index (χ2n) is 6.71. The molecule has 0 radical (unpaired) electrons. The lowest BCUT2D eigenvalue weighted by Gasteiger charge is -2.24. The molecule has 8 N–H and O–H groups in total. The van der Waals surface area contributed by atoms with E-state index < -0.39 is 42.0 Å². The van der Waals surface area contributed by atoms with E-state index in [-0.39, 0.29) is 12.8 Å². The number of amides is 2. The molecule has 0 saturated heterocycles. The number of benzene rings is 1. The van der Waals surface area contributed by atoms with Crippen LogP contribution in [0.2, 0.25) is 0 Å². The van der Waals surface area contributed by atoms with Crippen molar-refractivity contribution < 1.29 is 24.6 Å². The van der Waals surface area contributed by atoms with Gasteiger partial charge in [-0.05, 0) is 44.7 Å². The number of aliphatic carboxylic acids is 1. The number of hydrogen-bond acceptors (Lipinski definition) is 6. The Hall–Kier alpha value is -2.49. The maximum Gasteiger partial charge on any atom is 0.326 e. The third kappa shape index (κ3) is 8.03. The highest BCUT2D eigenvalue weighted by molar-refractivity contribution is 5.92. The Morgan fingerprint density at radius 2 is 1.71 bits per heavy atom. The van der Waals surface area contributed by atoms with E-state index in [2.05, 4.69) is 10.6 Å². The maximum absolute atomic E-state index is 12.4. The first-order chi connectivity index (χ1) is 13.3. The summed E-state index contributed by atoms with van der Waals surface area (Å²) in [7, 11) is 0. The average molecular weight is 394 g/mol. The maximum atomic E-state index is 12.4. The molecule has 0 aliphatic carbocycles. The number of unbranched alkanes of at least 4 members (excludes halogenated alkanes) is 1. The van der Waals surface area contributed by atoms with E-state index in [4.69, 9.17) is 11.5 Å². The van der Waals surface area contributed by atoms with Crippen LogP contribution in [0.1, 0.15) is 31.7 Å². The van der Waals surface area contributed by atoms with Crippen LogP contribution in [0, 0.1) is 0 Å². The average Bonchev–Trinajstić information content (AvgIpc) is 2.65. The second kappa shape index (κ2) is 12.1. The second-order valence-corrected chi connectivity index (χ2v) is 6.71. The predicted molar refractivity (Wildman–Crippen MR) is 104 cm³/mol. The lowest BCUT2D eigenvalue weighted by molar-refractivity contribution is -0.143. The number of rotatable bonds is 12. The van der Waals surface area contributed by atoms with Crippen LogP contribution >= 0.6 is 0 Å². The number of nitrogens with two attached hydrogens (primary N) is 2. The largest absolute Gasteiger partial charge is 0.480 e. The molecule has 0 aliphatic rings. The van der Waals surface area contributed by atoms with Crippen molar-refractivity contribution in [3.05, 3.63) is 35.9 Å². The molecule has 1 aromatic carbocycles. The first-order valence-corrected chi connectivity index (χ1v) is 9.27. The third-order valence-electron chi connectivity index (χ3n) is 4.26. The van der Waals surface area contributed by atoms with Crippen LogP contribution in [-0.2, 0) is 20.8 Å². The zero-order chi connectivity index (χ0) is 21.1. The van der Waals surface area contributed by atoms with Gasteiger partial charge >= 0.3 is 5.97 Å². The number of carbonyl (C=O) groups excluding carboxylic acids is 2. The Kier molecular flexibility index (Phi) is 10.1. The smallest absolute Gasteiger partial charge is 0.326 e. The Morgan fingerprint density at radius 1 is 1.07 bits per heavy atom. The van der Waals surface area contributed by atoms with Crippen LogP contribution in [0.3, 0.4) is 0 Å². The van der Waals surface area contributed by atoms with Gasteiger partial charge in [-0.15, -0.1) is 0 Å². The van der Waals surface area contributed by atoms with Gasteiger partial charge in [0.15, 0.2) is 0 Å². The molecule has 1 aromatic rings. The Labute approximate surface area is 164 Å². The predicted octanol–water partition coefficient (Wildman–Crippen LogP) is -0.880. The Balaban J connectivity index is 2.70. The van der Waals surface area contributed by atoms with E-state index in [9.17, 15) is 24.6 Å². The number of nitrogens with one attached hydrogen (secondary N) is 2. The van der Waals surface area contributed by atoms with E-state index in [1.165, 1.54) is 6.92 Å². The lowest BCUT2D eigenvalue weighted by atomic mass is 10.0. The fourth-order valence-corrected chi connectivity index (χ4v) is 2.64. The standard InChI is InChI=1S/C19H30N4O5/c1-12(24)16(18(26)22-15(19(27)28)9-5-6-10-20)23-17(25)14(21)11-13-7-3-2-4-8-13/h2-4,7-8,12,14-16,24H,5-6,9-11,20-21H2,1H3,(H,22,26)(H,23,25)(H,27,28)/t12-,14+,15+,16+/m1/s1. The topological polar surface area (TPSA) is 168 Å². The molecule has 2 amide bonds. The van der Waals surface area contributed by atoms with Crippen molar-refractivity contribution in [3.63, 3.8) is 0 Å². The molecular weight excluding hydrogens is 364 g/mol. The van der Waals surface area contributed by atoms with E-state index in [0.717, 1.165) is 5.56 Å². The van der Waals surface area contributed by atoms with Crippen LogP contribution in [0.5, 0.6) is 0 Å². The summed E-state index contributed by atoms with van der Waals surface area (Å²) >= 11 is 0. The number of carbonyl (C=O) groups is 3. The van der Waals surface area contributed by atoms with Crippen LogP contribution in [-0.4, -0.2) is 58.8 Å². The summed E-state index contributed by atoms with van der Waals surface area (Å²) in [5.74, 6) is -2.59. The van der Waals surface area contributed by atoms with Crippen molar-refractivity contribution in [3.8, 4) is 0 Å². The Morgan fingerprint density at radius 3 is 2.25 bits per heavy atom. The van der Waals surface area contributed by atoms with Crippen molar-refractivity contribution in [2.75, 3.05) is 6.54 Å². The van der Waals surface area contributed by atoms with Crippen molar-refractivity contribution in [2.45, 2.75) is 56.8 Å². The normalized spacial score (nSPS) is 15.1. The van der Waals surface area contributed by atoms with Gasteiger partial charge in [0, 0.05) is 0 Å². The molecule has 0 aromatic heterocycles. The van der Waals surface area contributed by atoms with E-state index in [1.54, 1.807) is 0 Å². The lowest BCUT2D eigenvalue weighted by Crippen LogP contribution is -2.58. The van der Waals surface area contributed by atoms with Crippen molar-refractivity contribution >= 4 is 17.8 Å². The van der Waals surface area contributed by atoms with Crippen LogP contribution < -0.4 is 22.1 Å². The molecule has 28 heavy (non-hydrogen) atoms. The minimum atomic E-state index is -1.31. The molecule has 0 heterocycles. The van der Waals surface area contributed by atoms with Gasteiger partial charge in [0.05, 0.1) is 12.1 Å². The monoisotopic (exact) mass is 394 g/mol. The zero-order valence-electron chi connectivity index (χ0n) is 16.0. The summed E-state index contributed by atoms with van der Waals surface area (Å²) in [6.07, 6.45) is 0.391. The molecule has 1 rings (SSSR count). The van der Waals surface area contributed by atoms with Crippen molar-refractivity contribution in [1.29, 1.82) is 0 Å². The van der Waals surface area contributed by atoms with Crippen LogP contribution in [0.25, 0.3) is 0 Å². The molecule has 0 saturated carbocycles. The molecule has 9 nitrogen and oxygen atoms in total. The number of aliphatic hydroxyl groups excluding tert-OH is 1. The third-order valence-corrected chi connectivity index (χ3v) is 4.26. The molecular formula is C19H30N4O5. The highest BCUT2D eigenvalue weighted by atomic mass is 16.4. The van der Waals surface area contributed by atoms with Gasteiger partial charge in [0.1, 0.15) is 12.1 Å². The van der Waals surface area contributed by atoms with Crippen molar-refractivity contribution in [2.24, 2.45) is 11.5 Å². The van der Waals surface area contributed by atoms with Crippen LogP contribution in [0.15, 0.2) is 30.3 Å². The summed E-state index contributed by atoms with van der Waals surface area (Å²) in [4.78, 5) is 36.1. The number of aliphatic hydroxyl groups is 1. The SMILES string of the molecule is C[C@@H](O)[C@H](NC(=O)[C@@H](N)Cc1ccccc1)C(=O)N[C@@H](CCCCN)C(=O)O. The highest BCUT2D eigenvalue weighted by Crippen LogP contribution is 2.05. The van der Waals surface area contributed by atoms with Gasteiger partial charge in [0.2, 0.25) is 11.8 Å². The van der Waals surface area contributed by atoms with Gasteiger partial charge < -0.3 is 32.3 Å². The van der Waals surface area contributed by atoms with Gasteiger partial charge in [-0.3, -0.25) is 9.59 Å². The summed E-state index contributed by atoms with van der Waals surface area (Å²) in [6, 6.07) is 5.77. The number of hydrogen-bond donors (Lipinski definition) is 6. The minimum Gasteiger partial charge on any atom is -0.480 e. The van der Waals surface area contributed by atoms with E-state index >= 15 is 0 Å². The quantitative estimate of drug-likeness (QED) is 0.250. The molecule has 9 heteroatoms. The fraction of sp³-hybridized carbons (Fsp3) is 0.526. The zero-order valence-corrected chi connectivity index (χ0v) is 16.0. The molecule has 0 bridgehead atoms. The molecule has 0 aliphatic heterocycles. The van der Waals surface area contributed by atoms with Gasteiger partial charge in [-0.25, -0.2) is 4.79 Å². The molecule has 156 valence electrons. The summed E-state index contributed by atoms with van der Waals surface area (Å²) < 4.78 is 0. The molecule has 4 atom stereocenters. The molecule has 0 unspecified atom stereocenters. The van der Waals surface area contributed by atoms with Gasteiger partial charge in [-0.2, -0.15) is 0 Å². The molecule has 0 spiro atoms. The highest BCUT2D eigenvalue weighted by Gasteiger charge is 2.30. The summed E-state index contributed by atoms with van der Waals surface area (Å²) in [5, 5.41) is 23.9. The van der Waals surface area contributed by atoms with E-state index in [0.29, 0.717) is 19.4 Å². The first-order valence-electron chi connectivity index (χ1n) is 9.27. The van der Waals surface area contributed by atoms with Crippen LogP contribution in [0.4, 0.5) is 0 Å². The minimum absolute atomic E-state index is 0.201. The Bertz CT molecular complexity index is 638. The first kappa shape index (κ1) is 23.5. The fourth-order valence-electron chi connectivity index (χ4n) is 2.64. The number of carboxylic acid groups (broad SMARTS) is 1.